The van der Waals surface area contributed by atoms with Crippen LogP contribution in [0.4, 0.5) is 0 Å². The van der Waals surface area contributed by atoms with Gasteiger partial charge in [-0.1, -0.05) is 22.6 Å². The molecule has 98 valence electrons. The number of phenols is 2. The summed E-state index contributed by atoms with van der Waals surface area (Å²) < 4.78 is 4.01. The van der Waals surface area contributed by atoms with E-state index < -0.39 is 15.8 Å². The van der Waals surface area contributed by atoms with Crippen LogP contribution in [0.15, 0.2) is 18.2 Å². The van der Waals surface area contributed by atoms with Crippen LogP contribution in [0.3, 0.4) is 0 Å². The van der Waals surface area contributed by atoms with E-state index in [1.54, 1.807) is 0 Å². The molecule has 0 spiro atoms. The van der Waals surface area contributed by atoms with Crippen LogP contribution in [-0.2, 0) is 9.53 Å². The van der Waals surface area contributed by atoms with Gasteiger partial charge in [0.25, 0.3) is 5.91 Å². The second-order valence-electron chi connectivity index (χ2n) is 3.40. The van der Waals surface area contributed by atoms with Gasteiger partial charge in [-0.2, -0.15) is 0 Å². The van der Waals surface area contributed by atoms with Gasteiger partial charge in [-0.15, -0.1) is 0 Å². The molecule has 1 atom stereocenters. The fourth-order valence-electron chi connectivity index (χ4n) is 1.20. The highest BCUT2D eigenvalue weighted by Gasteiger charge is 2.17. The molecule has 0 saturated heterocycles. The van der Waals surface area contributed by atoms with E-state index in [-0.39, 0.29) is 23.6 Å². The van der Waals surface area contributed by atoms with Gasteiger partial charge in [0.15, 0.2) is 0 Å². The van der Waals surface area contributed by atoms with Crippen molar-refractivity contribution in [3.05, 3.63) is 23.8 Å². The molecule has 6 nitrogen and oxygen atoms in total. The summed E-state index contributed by atoms with van der Waals surface area (Å²) in [7, 11) is 1.27. The maximum absolute atomic E-state index is 11.7. The number of aromatic hydroxyl groups is 2. The van der Waals surface area contributed by atoms with Crippen molar-refractivity contribution in [2.45, 2.75) is 3.92 Å². The van der Waals surface area contributed by atoms with Crippen molar-refractivity contribution in [3.63, 3.8) is 0 Å². The zero-order valence-electron chi connectivity index (χ0n) is 9.51. The van der Waals surface area contributed by atoms with Gasteiger partial charge in [0.05, 0.1) is 12.7 Å². The van der Waals surface area contributed by atoms with E-state index in [0.29, 0.717) is 0 Å². The van der Waals surface area contributed by atoms with E-state index in [0.717, 1.165) is 6.07 Å². The Morgan fingerprint density at radius 1 is 1.44 bits per heavy atom. The van der Waals surface area contributed by atoms with Crippen molar-refractivity contribution < 1.29 is 24.5 Å². The Morgan fingerprint density at radius 3 is 2.67 bits per heavy atom. The SMILES string of the molecule is COC(=O)C(I)CNC(=O)c1ccc(O)cc1O. The second kappa shape index (κ2) is 6.43. The molecule has 0 aliphatic rings. The molecular weight excluding hydrogens is 353 g/mol. The smallest absolute Gasteiger partial charge is 0.320 e. The first-order valence-corrected chi connectivity index (χ1v) is 6.22. The second-order valence-corrected chi connectivity index (χ2v) is 4.91. The largest absolute Gasteiger partial charge is 0.508 e. The highest BCUT2D eigenvalue weighted by atomic mass is 127. The van der Waals surface area contributed by atoms with E-state index in [2.05, 4.69) is 10.1 Å². The summed E-state index contributed by atoms with van der Waals surface area (Å²) in [4.78, 5) is 22.8. The number of rotatable bonds is 4. The van der Waals surface area contributed by atoms with E-state index in [4.69, 9.17) is 5.11 Å². The summed E-state index contributed by atoms with van der Waals surface area (Å²) >= 11 is 1.84. The van der Waals surface area contributed by atoms with Gasteiger partial charge in [-0.05, 0) is 12.1 Å². The van der Waals surface area contributed by atoms with Crippen LogP contribution in [0, 0.1) is 0 Å². The standard InChI is InChI=1S/C11H12INO5/c1-18-11(17)8(12)5-13-10(16)7-3-2-6(14)4-9(7)15/h2-4,8,14-15H,5H2,1H3,(H,13,16). The number of carbonyl (C=O) groups excluding carboxylic acids is 2. The highest BCUT2D eigenvalue weighted by molar-refractivity contribution is 14.1. The summed E-state index contributed by atoms with van der Waals surface area (Å²) in [6.07, 6.45) is 0. The van der Waals surface area contributed by atoms with Crippen molar-refractivity contribution in [2.75, 3.05) is 13.7 Å². The number of phenolic OH excluding ortho intramolecular Hbond substituents is 2. The number of nitrogens with one attached hydrogen (secondary N) is 1. The van der Waals surface area contributed by atoms with Crippen molar-refractivity contribution in [2.24, 2.45) is 0 Å². The molecule has 0 fully saturated rings. The number of amides is 1. The number of hydrogen-bond donors (Lipinski definition) is 3. The molecule has 1 amide bonds. The van der Waals surface area contributed by atoms with Gasteiger partial charge >= 0.3 is 5.97 Å². The molecule has 1 aromatic carbocycles. The average molecular weight is 365 g/mol. The highest BCUT2D eigenvalue weighted by Crippen LogP contribution is 2.22. The zero-order valence-corrected chi connectivity index (χ0v) is 11.7. The number of esters is 1. The molecular formula is C11H12INO5. The van der Waals surface area contributed by atoms with E-state index in [9.17, 15) is 14.7 Å². The molecule has 7 heteroatoms. The van der Waals surface area contributed by atoms with E-state index in [1.165, 1.54) is 19.2 Å². The van der Waals surface area contributed by atoms with Crippen molar-refractivity contribution in [1.82, 2.24) is 5.32 Å². The van der Waals surface area contributed by atoms with Crippen molar-refractivity contribution in [3.8, 4) is 11.5 Å². The molecule has 1 rings (SSSR count). The predicted molar refractivity (Wildman–Crippen MR) is 71.9 cm³/mol. The molecule has 0 saturated carbocycles. The minimum absolute atomic E-state index is 0.0289. The van der Waals surface area contributed by atoms with Gasteiger partial charge in [0.2, 0.25) is 0 Å². The molecule has 0 aliphatic heterocycles. The molecule has 3 N–H and O–H groups in total. The van der Waals surface area contributed by atoms with Crippen LogP contribution in [-0.4, -0.2) is 39.7 Å². The third kappa shape index (κ3) is 3.76. The molecule has 0 bridgehead atoms. The number of halogens is 1. The molecule has 18 heavy (non-hydrogen) atoms. The number of carbonyl (C=O) groups is 2. The molecule has 0 radical (unpaired) electrons. The number of alkyl halides is 1. The number of benzene rings is 1. The molecule has 0 heterocycles. The zero-order chi connectivity index (χ0) is 13.7. The van der Waals surface area contributed by atoms with Crippen LogP contribution in [0.5, 0.6) is 11.5 Å². The molecule has 1 aromatic rings. The first-order chi connectivity index (χ1) is 8.45. The van der Waals surface area contributed by atoms with Crippen LogP contribution in [0.25, 0.3) is 0 Å². The Hall–Kier alpha value is -1.51. The van der Waals surface area contributed by atoms with E-state index in [1.807, 2.05) is 22.6 Å². The lowest BCUT2D eigenvalue weighted by molar-refractivity contribution is -0.139. The predicted octanol–water partition coefficient (Wildman–Crippen LogP) is 0.804. The summed E-state index contributed by atoms with van der Waals surface area (Å²) in [5, 5.41) is 21.0. The van der Waals surface area contributed by atoms with Crippen LogP contribution >= 0.6 is 22.6 Å². The lowest BCUT2D eigenvalue weighted by Gasteiger charge is -2.10. The van der Waals surface area contributed by atoms with Gasteiger partial charge in [0, 0.05) is 12.6 Å². The van der Waals surface area contributed by atoms with Gasteiger partial charge in [-0.3, -0.25) is 9.59 Å². The van der Waals surface area contributed by atoms with Gasteiger partial charge in [-0.25, -0.2) is 0 Å². The minimum atomic E-state index is -0.530. The Morgan fingerprint density at radius 2 is 2.11 bits per heavy atom. The minimum Gasteiger partial charge on any atom is -0.508 e. The number of ether oxygens (including phenoxy) is 1. The number of methoxy groups -OCH3 is 1. The monoisotopic (exact) mass is 365 g/mol. The first-order valence-electron chi connectivity index (χ1n) is 4.97. The Balaban J connectivity index is 2.63. The fraction of sp³-hybridized carbons (Fsp3) is 0.273. The topological polar surface area (TPSA) is 95.9 Å². The van der Waals surface area contributed by atoms with Crippen LogP contribution in [0.1, 0.15) is 10.4 Å². The lowest BCUT2D eigenvalue weighted by atomic mass is 10.2. The first kappa shape index (κ1) is 14.6. The maximum Gasteiger partial charge on any atom is 0.320 e. The van der Waals surface area contributed by atoms with Crippen LogP contribution < -0.4 is 5.32 Å². The fourth-order valence-corrected chi connectivity index (χ4v) is 1.68. The third-order valence-corrected chi connectivity index (χ3v) is 3.07. The lowest BCUT2D eigenvalue weighted by Crippen LogP contribution is -2.33. The summed E-state index contributed by atoms with van der Waals surface area (Å²) in [5.41, 5.74) is 0.0289. The Bertz CT molecular complexity index is 463. The Kier molecular flexibility index (Phi) is 5.20. The molecule has 0 aromatic heterocycles. The Labute approximate surface area is 117 Å². The van der Waals surface area contributed by atoms with Gasteiger partial charge < -0.3 is 20.3 Å². The normalized spacial score (nSPS) is 11.7. The summed E-state index contributed by atoms with van der Waals surface area (Å²) in [5.74, 6) is -1.43. The average Bonchev–Trinajstić information content (AvgIpc) is 2.34. The summed E-state index contributed by atoms with van der Waals surface area (Å²) in [6.45, 7) is 0.0897. The third-order valence-electron chi connectivity index (χ3n) is 2.12. The quantitative estimate of drug-likeness (QED) is 0.417. The maximum atomic E-state index is 11.7. The summed E-state index contributed by atoms with van der Waals surface area (Å²) in [6, 6.07) is 3.65. The van der Waals surface area contributed by atoms with Crippen molar-refractivity contribution in [1.29, 1.82) is 0 Å². The molecule has 1 unspecified atom stereocenters. The van der Waals surface area contributed by atoms with E-state index >= 15 is 0 Å². The van der Waals surface area contributed by atoms with Crippen LogP contribution in [0.2, 0.25) is 0 Å². The number of hydrogen-bond acceptors (Lipinski definition) is 5. The molecule has 0 aliphatic carbocycles. The van der Waals surface area contributed by atoms with Crippen molar-refractivity contribution >= 4 is 34.5 Å². The van der Waals surface area contributed by atoms with Gasteiger partial charge in [0.1, 0.15) is 15.4 Å².